The number of hydrogen-bond donors (Lipinski definition) is 4. The number of carbonyl (C=O) groups excluding carboxylic acids is 3. The van der Waals surface area contributed by atoms with Gasteiger partial charge in [0.15, 0.2) is 5.65 Å². The van der Waals surface area contributed by atoms with Crippen molar-refractivity contribution in [2.24, 2.45) is 0 Å². The highest BCUT2D eigenvalue weighted by Crippen LogP contribution is 2.31. The zero-order valence-electron chi connectivity index (χ0n) is 34.5. The number of pyridine rings is 1. The molecule has 3 aromatic heterocycles. The van der Waals surface area contributed by atoms with Crippen LogP contribution in [0.1, 0.15) is 98.4 Å². The van der Waals surface area contributed by atoms with E-state index in [2.05, 4.69) is 66.4 Å². The molecule has 7 rings (SSSR count). The molecule has 3 amide bonds. The number of carbonyl (C=O) groups is 4. The van der Waals surface area contributed by atoms with Gasteiger partial charge in [-0.3, -0.25) is 24.4 Å². The van der Waals surface area contributed by atoms with Crippen molar-refractivity contribution < 1.29 is 42.0 Å². The molecule has 2 fully saturated rings. The van der Waals surface area contributed by atoms with E-state index in [0.29, 0.717) is 31.2 Å². The molecule has 18 heteroatoms. The average Bonchev–Trinajstić information content (AvgIpc) is 3.89. The summed E-state index contributed by atoms with van der Waals surface area (Å²) < 4.78 is 39.0. The lowest BCUT2D eigenvalue weighted by atomic mass is 9.89. The number of alkyl halides is 3. The number of anilines is 1. The van der Waals surface area contributed by atoms with Crippen molar-refractivity contribution in [2.75, 3.05) is 25.0 Å². The lowest BCUT2D eigenvalue weighted by Gasteiger charge is -2.32. The highest BCUT2D eigenvalue weighted by Gasteiger charge is 2.38. The van der Waals surface area contributed by atoms with E-state index in [1.54, 1.807) is 0 Å². The molecule has 61 heavy (non-hydrogen) atoms. The number of aryl methyl sites for hydroxylation is 2. The summed E-state index contributed by atoms with van der Waals surface area (Å²) in [5.74, 6) is -2.57. The second kappa shape index (κ2) is 19.0. The summed E-state index contributed by atoms with van der Waals surface area (Å²) in [6.07, 6.45) is 4.12. The van der Waals surface area contributed by atoms with Crippen LogP contribution in [0, 0.1) is 6.92 Å². The molecule has 1 atom stereocenters. The van der Waals surface area contributed by atoms with Gasteiger partial charge >= 0.3 is 12.1 Å². The molecule has 324 valence electrons. The minimum absolute atomic E-state index is 0.0363. The van der Waals surface area contributed by atoms with Crippen molar-refractivity contribution >= 4 is 40.4 Å². The predicted octanol–water partition coefficient (Wildman–Crippen LogP) is 6.53. The van der Waals surface area contributed by atoms with Crippen LogP contribution in [0.15, 0.2) is 65.4 Å². The van der Waals surface area contributed by atoms with Crippen molar-refractivity contribution in [3.63, 3.8) is 0 Å². The molecule has 5 aromatic rings. The summed E-state index contributed by atoms with van der Waals surface area (Å²) in [6.45, 7) is 12.4. The van der Waals surface area contributed by atoms with Crippen molar-refractivity contribution in [1.82, 2.24) is 40.4 Å². The lowest BCUT2D eigenvalue weighted by molar-refractivity contribution is -0.192. The smallest absolute Gasteiger partial charge is 0.475 e. The third-order valence-corrected chi connectivity index (χ3v) is 10.7. The predicted molar refractivity (Wildman–Crippen MR) is 219 cm³/mol. The van der Waals surface area contributed by atoms with Crippen LogP contribution < -0.4 is 16.0 Å². The van der Waals surface area contributed by atoms with Gasteiger partial charge in [0.1, 0.15) is 6.04 Å². The second-order valence-corrected chi connectivity index (χ2v) is 16.4. The van der Waals surface area contributed by atoms with Crippen LogP contribution in [-0.2, 0) is 32.9 Å². The second-order valence-electron chi connectivity index (χ2n) is 16.4. The number of nitrogens with zero attached hydrogens (tertiary/aromatic N) is 6. The molecule has 4 N–H and O–H groups in total. The summed E-state index contributed by atoms with van der Waals surface area (Å²) in [5, 5.41) is 25.4. The molecule has 2 aromatic carbocycles. The Bertz CT molecular complexity index is 2350. The number of hydrogen-bond acceptors (Lipinski definition) is 11. The van der Waals surface area contributed by atoms with Crippen LogP contribution in [0.3, 0.4) is 0 Å². The Hall–Kier alpha value is -6.17. The molecule has 0 aliphatic carbocycles. The molecule has 0 radical (unpaired) electrons. The molecule has 0 bridgehead atoms. The fraction of sp³-hybridized carbons (Fsp3) is 0.442. The van der Waals surface area contributed by atoms with E-state index in [9.17, 15) is 27.6 Å². The van der Waals surface area contributed by atoms with Crippen LogP contribution >= 0.6 is 0 Å². The zero-order chi connectivity index (χ0) is 43.9. The highest BCUT2D eigenvalue weighted by molar-refractivity contribution is 6.01. The number of piperidine rings is 2. The number of carboxylic acid groups (broad SMARTS) is 1. The first-order chi connectivity index (χ1) is 28.9. The fourth-order valence-electron chi connectivity index (χ4n) is 7.25. The van der Waals surface area contributed by atoms with Gasteiger partial charge in [0.05, 0.1) is 0 Å². The first-order valence-electron chi connectivity index (χ1n) is 20.2. The van der Waals surface area contributed by atoms with Crippen molar-refractivity contribution in [3.05, 3.63) is 89.3 Å². The lowest BCUT2D eigenvalue weighted by Crippen LogP contribution is -2.47. The van der Waals surface area contributed by atoms with E-state index in [-0.39, 0.29) is 35.0 Å². The number of benzene rings is 2. The zero-order valence-corrected chi connectivity index (χ0v) is 34.5. The van der Waals surface area contributed by atoms with Gasteiger partial charge in [-0.2, -0.15) is 23.3 Å². The maximum Gasteiger partial charge on any atom is 0.490 e. The van der Waals surface area contributed by atoms with Gasteiger partial charge in [0.25, 0.3) is 11.7 Å². The summed E-state index contributed by atoms with van der Waals surface area (Å²) in [5.41, 5.74) is 6.88. The van der Waals surface area contributed by atoms with E-state index < -0.39 is 12.1 Å². The van der Waals surface area contributed by atoms with Gasteiger partial charge in [-0.15, -0.1) is 0 Å². The molecule has 5 heterocycles. The Kier molecular flexibility index (Phi) is 13.9. The molecular formula is C43H50F3N9O6. The molecule has 0 saturated carbocycles. The normalized spacial score (nSPS) is 16.5. The van der Waals surface area contributed by atoms with E-state index in [0.717, 1.165) is 90.8 Å². The van der Waals surface area contributed by atoms with Gasteiger partial charge in [0.2, 0.25) is 17.7 Å². The Morgan fingerprint density at radius 2 is 1.69 bits per heavy atom. The van der Waals surface area contributed by atoms with Crippen molar-refractivity contribution in [3.8, 4) is 11.1 Å². The van der Waals surface area contributed by atoms with E-state index in [4.69, 9.17) is 19.5 Å². The van der Waals surface area contributed by atoms with E-state index in [1.807, 2.05) is 62.8 Å². The Balaban J connectivity index is 0.000000819. The Morgan fingerprint density at radius 3 is 2.33 bits per heavy atom. The van der Waals surface area contributed by atoms with E-state index >= 15 is 0 Å². The van der Waals surface area contributed by atoms with Crippen molar-refractivity contribution in [2.45, 2.75) is 103 Å². The number of unbranched alkanes of at least 4 members (excludes halogenated alkanes) is 1. The number of nitrogens with one attached hydrogen (secondary N) is 3. The number of aromatic nitrogens is 5. The van der Waals surface area contributed by atoms with Gasteiger partial charge < -0.3 is 25.2 Å². The van der Waals surface area contributed by atoms with Crippen LogP contribution in [-0.4, -0.2) is 90.5 Å². The SMILES string of the molecule is Cc1cc(-c2ccnc3nn(CCCCN4CCC(c5ccc(NC6CCC(=O)NC6=O)cc5)CC4)cc23)ccc1CNC(=O)c1noc(C(C)(C)C)n1.O=C(O)C(F)(F)F. The molecule has 2 aliphatic rings. The number of aliphatic carboxylic acids is 1. The molecule has 1 unspecified atom stereocenters. The summed E-state index contributed by atoms with van der Waals surface area (Å²) in [7, 11) is 0. The maximum absolute atomic E-state index is 12.7. The third-order valence-electron chi connectivity index (χ3n) is 10.7. The van der Waals surface area contributed by atoms with Crippen LogP contribution in [0.25, 0.3) is 22.2 Å². The molecule has 2 saturated heterocycles. The summed E-state index contributed by atoms with van der Waals surface area (Å²) in [4.78, 5) is 56.5. The Morgan fingerprint density at radius 1 is 0.984 bits per heavy atom. The van der Waals surface area contributed by atoms with Gasteiger partial charge in [-0.1, -0.05) is 56.3 Å². The van der Waals surface area contributed by atoms with Crippen LogP contribution in [0.5, 0.6) is 0 Å². The quantitative estimate of drug-likeness (QED) is 0.0784. The third kappa shape index (κ3) is 11.8. The first-order valence-corrected chi connectivity index (χ1v) is 20.2. The topological polar surface area (TPSA) is 197 Å². The van der Waals surface area contributed by atoms with Crippen molar-refractivity contribution in [1.29, 1.82) is 0 Å². The standard InChI is InChI=1S/C41H49N9O4.C2HF3O2/c1-26-23-29(7-8-30(26)24-43-39(53)37-46-40(54-48-37)41(2,3)4)32-15-18-42-36-33(32)25-50(47-36)20-6-5-19-49-21-16-28(17-22-49)27-9-11-31(12-10-27)44-34-13-14-35(51)45-38(34)52;3-2(4,5)1(6)7/h7-12,15,18,23,25,28,34,44H,5-6,13-14,16-17,19-22,24H2,1-4H3,(H,43,53)(H,45,51,52);(H,6,7). The van der Waals surface area contributed by atoms with Gasteiger partial charge in [-0.25, -0.2) is 9.78 Å². The van der Waals surface area contributed by atoms with Gasteiger partial charge in [-0.05, 0) is 111 Å². The van der Waals surface area contributed by atoms with E-state index in [1.165, 1.54) is 5.56 Å². The molecular weight excluding hydrogens is 796 g/mol. The largest absolute Gasteiger partial charge is 0.490 e. The maximum atomic E-state index is 12.7. The number of halogens is 3. The number of imide groups is 1. The number of fused-ring (bicyclic) bond motifs is 1. The minimum atomic E-state index is -5.08. The molecule has 0 spiro atoms. The average molecular weight is 846 g/mol. The molecule has 2 aliphatic heterocycles. The minimum Gasteiger partial charge on any atom is -0.475 e. The number of likely N-dealkylation sites (tertiary alicyclic amines) is 1. The Labute approximate surface area is 350 Å². The monoisotopic (exact) mass is 845 g/mol. The highest BCUT2D eigenvalue weighted by atomic mass is 19.4. The fourth-order valence-corrected chi connectivity index (χ4v) is 7.25. The van der Waals surface area contributed by atoms with Crippen LogP contribution in [0.4, 0.5) is 18.9 Å². The number of amides is 3. The summed E-state index contributed by atoms with van der Waals surface area (Å²) in [6, 6.07) is 16.4. The first kappa shape index (κ1) is 44.4. The summed E-state index contributed by atoms with van der Waals surface area (Å²) >= 11 is 0. The molecule has 15 nitrogen and oxygen atoms in total. The number of carboxylic acids is 1. The van der Waals surface area contributed by atoms with Crippen LogP contribution in [0.2, 0.25) is 0 Å². The van der Waals surface area contributed by atoms with Gasteiger partial charge in [0, 0.05) is 48.4 Å². The number of rotatable bonds is 12.